The van der Waals surface area contributed by atoms with Crippen molar-refractivity contribution >= 4 is 15.0 Å². The Morgan fingerprint density at radius 1 is 1.09 bits per heavy atom. The van der Waals surface area contributed by atoms with E-state index in [2.05, 4.69) is 17.1 Å². The summed E-state index contributed by atoms with van der Waals surface area (Å²) in [5.41, 5.74) is 1.82. The molecule has 23 heavy (non-hydrogen) atoms. The first-order valence-electron chi connectivity index (χ1n) is 7.28. The van der Waals surface area contributed by atoms with Gasteiger partial charge in [0.05, 0.1) is 0 Å². The molecule has 2 nitrogen and oxygen atoms in total. The Labute approximate surface area is 140 Å². The summed E-state index contributed by atoms with van der Waals surface area (Å²) in [5, 5.41) is 0.907. The monoisotopic (exact) mass is 378 g/mol. The van der Waals surface area contributed by atoms with Crippen molar-refractivity contribution in [1.82, 2.24) is 9.55 Å². The third kappa shape index (κ3) is 4.27. The van der Waals surface area contributed by atoms with Gasteiger partial charge in [0.2, 0.25) is 0 Å². The predicted octanol–water partition coefficient (Wildman–Crippen LogP) is 3.81. The fourth-order valence-electron chi connectivity index (χ4n) is 2.36. The Bertz CT molecular complexity index is 745. The molecule has 0 aliphatic rings. The number of hydrogen-bond acceptors (Lipinski definition) is 1. The Morgan fingerprint density at radius 2 is 1.91 bits per heavy atom. The molecule has 0 spiro atoms. The SMILES string of the molecule is Fc1ccc(C(Cn2ccnc2)[Se]Cc2ccccc2)c(F)c1. The summed E-state index contributed by atoms with van der Waals surface area (Å²) < 4.78 is 29.3. The second kappa shape index (κ2) is 7.53. The van der Waals surface area contributed by atoms with Crippen molar-refractivity contribution in [2.45, 2.75) is 16.7 Å². The van der Waals surface area contributed by atoms with Gasteiger partial charge < -0.3 is 0 Å². The van der Waals surface area contributed by atoms with E-state index in [4.69, 9.17) is 0 Å². The van der Waals surface area contributed by atoms with E-state index < -0.39 is 11.6 Å². The summed E-state index contributed by atoms with van der Waals surface area (Å²) in [5.74, 6) is -1.01. The maximum absolute atomic E-state index is 14.2. The molecule has 1 aromatic heterocycles. The van der Waals surface area contributed by atoms with Gasteiger partial charge in [-0.05, 0) is 0 Å². The number of nitrogens with zero attached hydrogens (tertiary/aromatic N) is 2. The fourth-order valence-corrected chi connectivity index (χ4v) is 4.95. The van der Waals surface area contributed by atoms with Gasteiger partial charge in [0.15, 0.2) is 0 Å². The first-order valence-corrected chi connectivity index (χ1v) is 9.48. The molecule has 3 aromatic rings. The van der Waals surface area contributed by atoms with Crippen LogP contribution in [0.5, 0.6) is 0 Å². The van der Waals surface area contributed by atoms with Gasteiger partial charge in [-0.25, -0.2) is 0 Å². The van der Waals surface area contributed by atoms with E-state index in [1.807, 2.05) is 29.0 Å². The zero-order valence-electron chi connectivity index (χ0n) is 12.4. The second-order valence-electron chi connectivity index (χ2n) is 5.21. The Hall–Kier alpha value is -1.97. The first-order chi connectivity index (χ1) is 11.2. The van der Waals surface area contributed by atoms with Gasteiger partial charge in [0.25, 0.3) is 0 Å². The zero-order chi connectivity index (χ0) is 16.1. The summed E-state index contributed by atoms with van der Waals surface area (Å²) in [6.07, 6.45) is 5.31. The zero-order valence-corrected chi connectivity index (χ0v) is 14.1. The van der Waals surface area contributed by atoms with E-state index in [-0.39, 0.29) is 19.8 Å². The molecular formula is C18H16F2N2Se. The average Bonchev–Trinajstić information content (AvgIpc) is 3.06. The Balaban J connectivity index is 1.81. The van der Waals surface area contributed by atoms with Crippen molar-refractivity contribution in [2.24, 2.45) is 0 Å². The topological polar surface area (TPSA) is 17.8 Å². The van der Waals surface area contributed by atoms with E-state index in [9.17, 15) is 8.78 Å². The van der Waals surface area contributed by atoms with Crippen LogP contribution in [0.25, 0.3) is 0 Å². The van der Waals surface area contributed by atoms with E-state index >= 15 is 0 Å². The molecule has 2 aromatic carbocycles. The number of aromatic nitrogens is 2. The average molecular weight is 377 g/mol. The van der Waals surface area contributed by atoms with Crippen LogP contribution in [-0.2, 0) is 11.9 Å². The van der Waals surface area contributed by atoms with Gasteiger partial charge in [0.1, 0.15) is 0 Å². The summed E-state index contributed by atoms with van der Waals surface area (Å²) in [6.45, 7) is 0.648. The molecular weight excluding hydrogens is 361 g/mol. The molecule has 0 saturated carbocycles. The van der Waals surface area contributed by atoms with Gasteiger partial charge in [-0.1, -0.05) is 0 Å². The molecule has 0 aliphatic heterocycles. The standard InChI is InChI=1S/C18H16F2N2Se/c19-15-6-7-16(17(20)10-15)18(11-22-9-8-21-13-22)23-12-14-4-2-1-3-5-14/h1-10,13,18H,11-12H2. The fraction of sp³-hybridized carbons (Fsp3) is 0.167. The molecule has 1 heterocycles. The van der Waals surface area contributed by atoms with Crippen LogP contribution in [0.15, 0.2) is 67.3 Å². The molecule has 118 valence electrons. The first kappa shape index (κ1) is 15.9. The van der Waals surface area contributed by atoms with Crippen LogP contribution < -0.4 is 0 Å². The van der Waals surface area contributed by atoms with E-state index in [0.29, 0.717) is 12.1 Å². The number of imidazole rings is 1. The summed E-state index contributed by atoms with van der Waals surface area (Å²) >= 11 is 0.143. The summed E-state index contributed by atoms with van der Waals surface area (Å²) in [4.78, 5) is 4.07. The van der Waals surface area contributed by atoms with Crippen LogP contribution in [0.1, 0.15) is 15.9 Å². The predicted molar refractivity (Wildman–Crippen MR) is 87.2 cm³/mol. The molecule has 3 rings (SSSR count). The number of rotatable bonds is 6. The summed E-state index contributed by atoms with van der Waals surface area (Å²) in [6, 6.07) is 14.0. The van der Waals surface area contributed by atoms with Crippen LogP contribution in [0.3, 0.4) is 0 Å². The number of hydrogen-bond donors (Lipinski definition) is 0. The van der Waals surface area contributed by atoms with Crippen molar-refractivity contribution in [3.05, 3.63) is 90.0 Å². The van der Waals surface area contributed by atoms with E-state index in [1.165, 1.54) is 11.6 Å². The van der Waals surface area contributed by atoms with Crippen molar-refractivity contribution in [2.75, 3.05) is 0 Å². The molecule has 5 heteroatoms. The molecule has 0 bridgehead atoms. The number of halogens is 2. The van der Waals surface area contributed by atoms with Crippen LogP contribution in [-0.4, -0.2) is 24.5 Å². The molecule has 0 saturated heterocycles. The van der Waals surface area contributed by atoms with Crippen molar-refractivity contribution in [3.63, 3.8) is 0 Å². The Morgan fingerprint density at radius 3 is 2.61 bits per heavy atom. The molecule has 0 aliphatic carbocycles. The molecule has 1 unspecified atom stereocenters. The minimum atomic E-state index is -0.539. The van der Waals surface area contributed by atoms with Gasteiger partial charge in [0, 0.05) is 0 Å². The third-order valence-corrected chi connectivity index (χ3v) is 6.28. The van der Waals surface area contributed by atoms with Crippen molar-refractivity contribution < 1.29 is 8.78 Å². The van der Waals surface area contributed by atoms with Crippen LogP contribution in [0.4, 0.5) is 8.78 Å². The normalized spacial score (nSPS) is 12.3. The molecule has 0 amide bonds. The van der Waals surface area contributed by atoms with Crippen LogP contribution in [0, 0.1) is 11.6 Å². The van der Waals surface area contributed by atoms with E-state index in [0.717, 1.165) is 11.4 Å². The maximum atomic E-state index is 14.2. The number of benzene rings is 2. The van der Waals surface area contributed by atoms with Crippen molar-refractivity contribution in [1.29, 1.82) is 0 Å². The van der Waals surface area contributed by atoms with E-state index in [1.54, 1.807) is 18.6 Å². The van der Waals surface area contributed by atoms with Gasteiger partial charge >= 0.3 is 140 Å². The molecule has 1 atom stereocenters. The van der Waals surface area contributed by atoms with Crippen molar-refractivity contribution in [3.8, 4) is 0 Å². The van der Waals surface area contributed by atoms with Gasteiger partial charge in [-0.3, -0.25) is 0 Å². The quantitative estimate of drug-likeness (QED) is 0.598. The third-order valence-electron chi connectivity index (χ3n) is 3.54. The van der Waals surface area contributed by atoms with Gasteiger partial charge in [-0.15, -0.1) is 0 Å². The molecule has 0 radical (unpaired) electrons. The molecule has 0 fully saturated rings. The van der Waals surface area contributed by atoms with Gasteiger partial charge in [-0.2, -0.15) is 0 Å². The Kier molecular flexibility index (Phi) is 5.21. The summed E-state index contributed by atoms with van der Waals surface area (Å²) in [7, 11) is 0. The van der Waals surface area contributed by atoms with Crippen LogP contribution >= 0.6 is 0 Å². The minimum absolute atomic E-state index is 0.0255. The second-order valence-corrected chi connectivity index (χ2v) is 7.71. The van der Waals surface area contributed by atoms with Crippen LogP contribution in [0.2, 0.25) is 0 Å². The molecule has 0 N–H and O–H groups in total.